The summed E-state index contributed by atoms with van der Waals surface area (Å²) >= 11 is 0. The monoisotopic (exact) mass is 377 g/mol. The van der Waals surface area contributed by atoms with Gasteiger partial charge in [0, 0.05) is 19.8 Å². The number of benzene rings is 1. The van der Waals surface area contributed by atoms with Gasteiger partial charge in [0.2, 0.25) is 0 Å². The van der Waals surface area contributed by atoms with Crippen LogP contribution in [0.2, 0.25) is 0 Å². The van der Waals surface area contributed by atoms with Crippen molar-refractivity contribution < 1.29 is 9.18 Å². The first-order valence-electron chi connectivity index (χ1n) is 8.54. The maximum Gasteiger partial charge on any atom is 0.267 e. The molecular formula is C20H16FN5O2. The van der Waals surface area contributed by atoms with Gasteiger partial charge in [-0.25, -0.2) is 9.37 Å². The van der Waals surface area contributed by atoms with Crippen LogP contribution in [0.5, 0.6) is 0 Å². The zero-order valence-electron chi connectivity index (χ0n) is 14.9. The maximum atomic E-state index is 13.0. The second kappa shape index (κ2) is 6.73. The Balaban J connectivity index is 1.77. The van der Waals surface area contributed by atoms with Crippen molar-refractivity contribution in [2.75, 3.05) is 0 Å². The predicted molar refractivity (Wildman–Crippen MR) is 101 cm³/mol. The van der Waals surface area contributed by atoms with E-state index in [-0.39, 0.29) is 34.4 Å². The predicted octanol–water partition coefficient (Wildman–Crippen LogP) is 1.73. The molecule has 0 bridgehead atoms. The Morgan fingerprint density at radius 3 is 2.71 bits per heavy atom. The first-order chi connectivity index (χ1) is 13.5. The highest BCUT2D eigenvalue weighted by atomic mass is 19.1. The normalized spacial score (nSPS) is 11.1. The van der Waals surface area contributed by atoms with Crippen LogP contribution < -0.4 is 16.4 Å². The number of carbonyl (C=O) groups is 1. The smallest absolute Gasteiger partial charge is 0.267 e. The molecule has 3 heterocycles. The Labute approximate surface area is 158 Å². The van der Waals surface area contributed by atoms with E-state index in [2.05, 4.69) is 10.3 Å². The summed E-state index contributed by atoms with van der Waals surface area (Å²) in [7, 11) is 1.59. The van der Waals surface area contributed by atoms with E-state index in [1.54, 1.807) is 43.6 Å². The standard InChI is InChI=1S/C20H16FN5O2/c1-25-17(22)14(19(27)23-11-12-5-7-13(21)8-6-12)10-15-18(25)24-16-4-2-3-9-26(16)20(15)28/h2-10,22H,11H2,1H3,(H,23,27). The number of halogens is 1. The van der Waals surface area contributed by atoms with Gasteiger partial charge in [0.15, 0.2) is 0 Å². The van der Waals surface area contributed by atoms with Crippen molar-refractivity contribution in [3.8, 4) is 0 Å². The van der Waals surface area contributed by atoms with Gasteiger partial charge in [0.1, 0.15) is 22.6 Å². The molecule has 0 aliphatic heterocycles. The summed E-state index contributed by atoms with van der Waals surface area (Å²) in [4.78, 5) is 29.9. The van der Waals surface area contributed by atoms with E-state index < -0.39 is 5.91 Å². The lowest BCUT2D eigenvalue weighted by Crippen LogP contribution is -2.33. The van der Waals surface area contributed by atoms with Crippen molar-refractivity contribution in [2.45, 2.75) is 6.54 Å². The summed E-state index contributed by atoms with van der Waals surface area (Å²) in [5, 5.41) is 11.2. The first-order valence-corrected chi connectivity index (χ1v) is 8.54. The van der Waals surface area contributed by atoms with Crippen LogP contribution in [0.15, 0.2) is 59.5 Å². The molecule has 4 rings (SSSR count). The number of amides is 1. The molecule has 0 saturated carbocycles. The van der Waals surface area contributed by atoms with Gasteiger partial charge in [-0.15, -0.1) is 0 Å². The van der Waals surface area contributed by atoms with Gasteiger partial charge in [0.05, 0.1) is 10.9 Å². The number of fused-ring (bicyclic) bond motifs is 2. The Morgan fingerprint density at radius 2 is 1.96 bits per heavy atom. The minimum atomic E-state index is -0.496. The summed E-state index contributed by atoms with van der Waals surface area (Å²) in [5.41, 5.74) is 1.20. The van der Waals surface area contributed by atoms with Crippen LogP contribution in [0.3, 0.4) is 0 Å². The Hall–Kier alpha value is -3.81. The van der Waals surface area contributed by atoms with Gasteiger partial charge in [-0.2, -0.15) is 0 Å². The van der Waals surface area contributed by atoms with Crippen LogP contribution >= 0.6 is 0 Å². The van der Waals surface area contributed by atoms with Crippen LogP contribution in [0.25, 0.3) is 16.7 Å². The fourth-order valence-electron chi connectivity index (χ4n) is 3.03. The molecule has 4 aromatic rings. The third kappa shape index (κ3) is 2.94. The zero-order valence-corrected chi connectivity index (χ0v) is 14.9. The van der Waals surface area contributed by atoms with Crippen LogP contribution in [0.1, 0.15) is 15.9 Å². The molecule has 7 nitrogen and oxygen atoms in total. The van der Waals surface area contributed by atoms with E-state index in [4.69, 9.17) is 5.41 Å². The van der Waals surface area contributed by atoms with Crippen molar-refractivity contribution in [2.24, 2.45) is 7.05 Å². The van der Waals surface area contributed by atoms with Crippen LogP contribution in [0, 0.1) is 11.2 Å². The molecule has 0 aliphatic carbocycles. The molecule has 28 heavy (non-hydrogen) atoms. The number of nitrogens with one attached hydrogen (secondary N) is 2. The van der Waals surface area contributed by atoms with E-state index >= 15 is 0 Å². The fraction of sp³-hybridized carbons (Fsp3) is 0.100. The Kier molecular flexibility index (Phi) is 4.23. The molecule has 0 fully saturated rings. The van der Waals surface area contributed by atoms with Crippen molar-refractivity contribution in [3.05, 3.63) is 87.5 Å². The SMILES string of the molecule is Cn1c(=N)c(C(=O)NCc2ccc(F)cc2)cc2c(=O)n3ccccc3nc21. The van der Waals surface area contributed by atoms with Crippen LogP contribution in [-0.2, 0) is 13.6 Å². The van der Waals surface area contributed by atoms with Gasteiger partial charge in [-0.3, -0.25) is 19.4 Å². The molecule has 0 radical (unpaired) electrons. The lowest BCUT2D eigenvalue weighted by molar-refractivity contribution is 0.0948. The number of hydrogen-bond acceptors (Lipinski definition) is 4. The third-order valence-corrected chi connectivity index (χ3v) is 4.56. The van der Waals surface area contributed by atoms with E-state index in [1.807, 2.05) is 0 Å². The Bertz CT molecular complexity index is 1340. The second-order valence-corrected chi connectivity index (χ2v) is 6.36. The highest BCUT2D eigenvalue weighted by molar-refractivity contribution is 5.96. The molecular weight excluding hydrogens is 361 g/mol. The molecule has 0 saturated heterocycles. The maximum absolute atomic E-state index is 13.0. The average molecular weight is 377 g/mol. The highest BCUT2D eigenvalue weighted by Gasteiger charge is 2.15. The average Bonchev–Trinajstić information content (AvgIpc) is 2.70. The molecule has 3 aromatic heterocycles. The minimum absolute atomic E-state index is 0.0590. The molecule has 0 aliphatic rings. The van der Waals surface area contributed by atoms with Gasteiger partial charge in [0.25, 0.3) is 11.5 Å². The zero-order chi connectivity index (χ0) is 19.8. The fourth-order valence-corrected chi connectivity index (χ4v) is 3.03. The quantitative estimate of drug-likeness (QED) is 0.533. The van der Waals surface area contributed by atoms with E-state index in [0.29, 0.717) is 11.3 Å². The summed E-state index contributed by atoms with van der Waals surface area (Å²) in [6, 6.07) is 12.3. The minimum Gasteiger partial charge on any atom is -0.348 e. The number of rotatable bonds is 3. The molecule has 2 N–H and O–H groups in total. The van der Waals surface area contributed by atoms with Gasteiger partial charge >= 0.3 is 0 Å². The van der Waals surface area contributed by atoms with Crippen molar-refractivity contribution >= 4 is 22.6 Å². The summed E-state index contributed by atoms with van der Waals surface area (Å²) in [5.74, 6) is -0.852. The van der Waals surface area contributed by atoms with Crippen molar-refractivity contribution in [1.82, 2.24) is 19.3 Å². The first kappa shape index (κ1) is 17.6. The largest absolute Gasteiger partial charge is 0.348 e. The number of carbonyl (C=O) groups excluding carboxylic acids is 1. The van der Waals surface area contributed by atoms with E-state index in [9.17, 15) is 14.0 Å². The second-order valence-electron chi connectivity index (χ2n) is 6.36. The molecule has 8 heteroatoms. The topological polar surface area (TPSA) is 92.2 Å². The summed E-state index contributed by atoms with van der Waals surface area (Å²) < 4.78 is 15.8. The van der Waals surface area contributed by atoms with Gasteiger partial charge in [-0.05, 0) is 35.9 Å². The van der Waals surface area contributed by atoms with Gasteiger partial charge < -0.3 is 9.88 Å². The van der Waals surface area contributed by atoms with Crippen LogP contribution in [-0.4, -0.2) is 19.9 Å². The lowest BCUT2D eigenvalue weighted by Gasteiger charge is -2.11. The van der Waals surface area contributed by atoms with Gasteiger partial charge in [-0.1, -0.05) is 18.2 Å². The van der Waals surface area contributed by atoms with Crippen molar-refractivity contribution in [1.29, 1.82) is 5.41 Å². The third-order valence-electron chi connectivity index (χ3n) is 4.56. The van der Waals surface area contributed by atoms with E-state index in [1.165, 1.54) is 27.2 Å². The molecule has 0 spiro atoms. The number of aromatic nitrogens is 3. The molecule has 0 atom stereocenters. The molecule has 1 amide bonds. The van der Waals surface area contributed by atoms with Crippen molar-refractivity contribution in [3.63, 3.8) is 0 Å². The van der Waals surface area contributed by atoms with Crippen LogP contribution in [0.4, 0.5) is 4.39 Å². The summed E-state index contributed by atoms with van der Waals surface area (Å²) in [6.45, 7) is 0.176. The molecule has 1 aromatic carbocycles. The Morgan fingerprint density at radius 1 is 1.21 bits per heavy atom. The number of aryl methyl sites for hydroxylation is 1. The van der Waals surface area contributed by atoms with E-state index in [0.717, 1.165) is 5.56 Å². The number of nitrogens with zero attached hydrogens (tertiary/aromatic N) is 3. The lowest BCUT2D eigenvalue weighted by atomic mass is 10.2. The molecule has 140 valence electrons. The highest BCUT2D eigenvalue weighted by Crippen LogP contribution is 2.09. The molecule has 0 unspecified atom stereocenters. The summed E-state index contributed by atoms with van der Waals surface area (Å²) in [6.07, 6.45) is 1.60. The number of pyridine rings is 2. The number of hydrogen-bond donors (Lipinski definition) is 2.